The molecular weight excluding hydrogens is 220 g/mol. The number of nitrogens with one attached hydrogen (secondary N) is 1. The lowest BCUT2D eigenvalue weighted by atomic mass is 10.1. The lowest BCUT2D eigenvalue weighted by Crippen LogP contribution is -2.17. The van der Waals surface area contributed by atoms with E-state index in [9.17, 15) is 9.90 Å². The highest BCUT2D eigenvalue weighted by Crippen LogP contribution is 2.36. The topological polar surface area (TPSA) is 83.8 Å². The summed E-state index contributed by atoms with van der Waals surface area (Å²) in [7, 11) is 0. The number of imidazole rings is 1. The molecule has 1 saturated carbocycles. The van der Waals surface area contributed by atoms with Crippen molar-refractivity contribution in [2.45, 2.75) is 25.3 Å². The number of rotatable bonds is 2. The number of aromatic amines is 1. The molecule has 0 saturated heterocycles. The van der Waals surface area contributed by atoms with Crippen LogP contribution in [-0.2, 0) is 0 Å². The molecule has 0 aromatic carbocycles. The molecule has 0 aliphatic heterocycles. The summed E-state index contributed by atoms with van der Waals surface area (Å²) < 4.78 is 1.93. The number of H-pyrrole nitrogens is 1. The smallest absolute Gasteiger partial charge is 0.278 e. The second kappa shape index (κ2) is 3.96. The molecule has 2 heterocycles. The molecule has 1 fully saturated rings. The Labute approximate surface area is 97.3 Å². The second-order valence-corrected chi connectivity index (χ2v) is 4.50. The number of aromatic nitrogens is 4. The third-order valence-electron chi connectivity index (χ3n) is 3.58. The van der Waals surface area contributed by atoms with Gasteiger partial charge in [0.25, 0.3) is 5.56 Å². The second-order valence-electron chi connectivity index (χ2n) is 4.50. The normalized spacial score (nSPS) is 24.5. The molecule has 0 radical (unpaired) electrons. The Morgan fingerprint density at radius 2 is 2.35 bits per heavy atom. The maximum Gasteiger partial charge on any atom is 0.278 e. The van der Waals surface area contributed by atoms with Crippen molar-refractivity contribution in [1.29, 1.82) is 0 Å². The van der Waals surface area contributed by atoms with Crippen LogP contribution in [0.3, 0.4) is 0 Å². The SMILES string of the molecule is O=c1[nH]cnc2c1ncn2C1CCCC1CO. The molecule has 0 amide bonds. The Morgan fingerprint density at radius 3 is 3.18 bits per heavy atom. The minimum atomic E-state index is -0.215. The number of hydrogen-bond donors (Lipinski definition) is 2. The Kier molecular flexibility index (Phi) is 2.44. The largest absolute Gasteiger partial charge is 0.396 e. The Hall–Kier alpha value is -1.69. The van der Waals surface area contributed by atoms with Gasteiger partial charge in [-0.05, 0) is 12.8 Å². The summed E-state index contributed by atoms with van der Waals surface area (Å²) in [6, 6.07) is 0.208. The maximum atomic E-state index is 11.5. The van der Waals surface area contributed by atoms with Crippen LogP contribution >= 0.6 is 0 Å². The molecule has 3 rings (SSSR count). The summed E-state index contributed by atoms with van der Waals surface area (Å²) in [5.74, 6) is 0.244. The Balaban J connectivity index is 2.12. The number of hydrogen-bond acceptors (Lipinski definition) is 4. The van der Waals surface area contributed by atoms with Crippen LogP contribution in [0.15, 0.2) is 17.4 Å². The van der Waals surface area contributed by atoms with Crippen LogP contribution in [0.4, 0.5) is 0 Å². The van der Waals surface area contributed by atoms with Crippen LogP contribution in [0.1, 0.15) is 25.3 Å². The standard InChI is InChI=1S/C11H14N4O2/c16-4-7-2-1-3-8(7)15-6-14-9-10(15)12-5-13-11(9)17/h5-8,16H,1-4H2,(H,12,13,17). The molecule has 2 unspecified atom stereocenters. The van der Waals surface area contributed by atoms with Gasteiger partial charge < -0.3 is 14.7 Å². The van der Waals surface area contributed by atoms with E-state index < -0.39 is 0 Å². The highest BCUT2D eigenvalue weighted by atomic mass is 16.3. The van der Waals surface area contributed by atoms with Gasteiger partial charge in [0.1, 0.15) is 0 Å². The van der Waals surface area contributed by atoms with Crippen molar-refractivity contribution in [3.05, 3.63) is 23.0 Å². The van der Waals surface area contributed by atoms with Gasteiger partial charge in [0, 0.05) is 18.6 Å². The molecule has 17 heavy (non-hydrogen) atoms. The van der Waals surface area contributed by atoms with Gasteiger partial charge in [-0.25, -0.2) is 9.97 Å². The predicted molar refractivity (Wildman–Crippen MR) is 61.6 cm³/mol. The molecule has 1 aliphatic carbocycles. The first-order valence-electron chi connectivity index (χ1n) is 5.82. The Bertz CT molecular complexity index is 588. The zero-order chi connectivity index (χ0) is 11.8. The zero-order valence-electron chi connectivity index (χ0n) is 9.33. The first-order chi connectivity index (χ1) is 8.31. The quantitative estimate of drug-likeness (QED) is 0.790. The van der Waals surface area contributed by atoms with E-state index in [0.717, 1.165) is 19.3 Å². The van der Waals surface area contributed by atoms with Gasteiger partial charge in [-0.15, -0.1) is 0 Å². The van der Waals surface area contributed by atoms with Crippen molar-refractivity contribution in [3.63, 3.8) is 0 Å². The van der Waals surface area contributed by atoms with E-state index in [4.69, 9.17) is 0 Å². The van der Waals surface area contributed by atoms with E-state index in [1.807, 2.05) is 4.57 Å². The fourth-order valence-corrected chi connectivity index (χ4v) is 2.70. The van der Waals surface area contributed by atoms with E-state index in [0.29, 0.717) is 11.2 Å². The monoisotopic (exact) mass is 234 g/mol. The number of aliphatic hydroxyl groups is 1. The van der Waals surface area contributed by atoms with Crippen LogP contribution < -0.4 is 5.56 Å². The van der Waals surface area contributed by atoms with Gasteiger partial charge in [0.2, 0.25) is 0 Å². The summed E-state index contributed by atoms with van der Waals surface area (Å²) in [6.45, 7) is 0.174. The van der Waals surface area contributed by atoms with Gasteiger partial charge in [-0.3, -0.25) is 4.79 Å². The summed E-state index contributed by atoms with van der Waals surface area (Å²) in [4.78, 5) is 22.3. The molecular formula is C11H14N4O2. The fourth-order valence-electron chi connectivity index (χ4n) is 2.70. The van der Waals surface area contributed by atoms with Gasteiger partial charge in [-0.1, -0.05) is 6.42 Å². The molecule has 6 nitrogen and oxygen atoms in total. The highest BCUT2D eigenvalue weighted by molar-refractivity contribution is 5.68. The van der Waals surface area contributed by atoms with Crippen LogP contribution in [0.25, 0.3) is 11.2 Å². The molecule has 2 atom stereocenters. The summed E-state index contributed by atoms with van der Waals surface area (Å²) in [6.07, 6.45) is 6.17. The van der Waals surface area contributed by atoms with Crippen LogP contribution in [-0.4, -0.2) is 31.2 Å². The van der Waals surface area contributed by atoms with Crippen molar-refractivity contribution in [3.8, 4) is 0 Å². The minimum absolute atomic E-state index is 0.174. The third-order valence-corrected chi connectivity index (χ3v) is 3.58. The van der Waals surface area contributed by atoms with Crippen molar-refractivity contribution < 1.29 is 5.11 Å². The molecule has 0 spiro atoms. The minimum Gasteiger partial charge on any atom is -0.396 e. The van der Waals surface area contributed by atoms with Crippen LogP contribution in [0.5, 0.6) is 0 Å². The van der Waals surface area contributed by atoms with Gasteiger partial charge >= 0.3 is 0 Å². The van der Waals surface area contributed by atoms with E-state index in [1.54, 1.807) is 6.33 Å². The molecule has 6 heteroatoms. The van der Waals surface area contributed by atoms with Crippen molar-refractivity contribution in [2.75, 3.05) is 6.61 Å². The summed E-state index contributed by atoms with van der Waals surface area (Å²) >= 11 is 0. The van der Waals surface area contributed by atoms with Gasteiger partial charge in [0.15, 0.2) is 11.2 Å². The average molecular weight is 234 g/mol. The predicted octanol–water partition coefficient (Wildman–Crippen LogP) is 0.453. The zero-order valence-corrected chi connectivity index (χ0v) is 9.33. The lowest BCUT2D eigenvalue weighted by molar-refractivity contribution is 0.197. The fraction of sp³-hybridized carbons (Fsp3) is 0.545. The van der Waals surface area contributed by atoms with E-state index in [-0.39, 0.29) is 24.1 Å². The van der Waals surface area contributed by atoms with E-state index >= 15 is 0 Å². The Morgan fingerprint density at radius 1 is 1.47 bits per heavy atom. The van der Waals surface area contributed by atoms with Crippen LogP contribution in [0, 0.1) is 5.92 Å². The summed E-state index contributed by atoms with van der Waals surface area (Å²) in [5, 5.41) is 9.34. The first-order valence-corrected chi connectivity index (χ1v) is 5.82. The van der Waals surface area contributed by atoms with Crippen molar-refractivity contribution in [2.24, 2.45) is 5.92 Å². The van der Waals surface area contributed by atoms with Crippen LogP contribution in [0.2, 0.25) is 0 Å². The van der Waals surface area contributed by atoms with E-state index in [2.05, 4.69) is 15.0 Å². The number of nitrogens with zero attached hydrogens (tertiary/aromatic N) is 3. The molecule has 0 bridgehead atoms. The third kappa shape index (κ3) is 1.56. The molecule has 90 valence electrons. The molecule has 2 aromatic heterocycles. The first kappa shape index (κ1) is 10.5. The summed E-state index contributed by atoms with van der Waals surface area (Å²) in [5.41, 5.74) is 0.766. The van der Waals surface area contributed by atoms with Crippen molar-refractivity contribution in [1.82, 2.24) is 19.5 Å². The average Bonchev–Trinajstić information content (AvgIpc) is 2.94. The lowest BCUT2D eigenvalue weighted by Gasteiger charge is -2.18. The molecule has 2 N–H and O–H groups in total. The van der Waals surface area contributed by atoms with Gasteiger partial charge in [-0.2, -0.15) is 0 Å². The number of aliphatic hydroxyl groups excluding tert-OH is 1. The highest BCUT2D eigenvalue weighted by Gasteiger charge is 2.29. The van der Waals surface area contributed by atoms with Gasteiger partial charge in [0.05, 0.1) is 12.7 Å². The van der Waals surface area contributed by atoms with E-state index in [1.165, 1.54) is 6.33 Å². The number of fused-ring (bicyclic) bond motifs is 1. The molecule has 1 aliphatic rings. The van der Waals surface area contributed by atoms with Crippen molar-refractivity contribution >= 4 is 11.2 Å². The molecule has 2 aromatic rings. The maximum absolute atomic E-state index is 11.5.